The van der Waals surface area contributed by atoms with Crippen molar-refractivity contribution in [3.8, 4) is 5.75 Å². The number of nitrogens with zero attached hydrogens (tertiary/aromatic N) is 1. The zero-order valence-electron chi connectivity index (χ0n) is 14.2. The summed E-state index contributed by atoms with van der Waals surface area (Å²) in [6.45, 7) is 3.57. The number of carboxylic acid groups (broad SMARTS) is 1. The van der Waals surface area contributed by atoms with Gasteiger partial charge in [0.1, 0.15) is 5.75 Å². The van der Waals surface area contributed by atoms with E-state index in [0.717, 1.165) is 16.7 Å². The maximum Gasteiger partial charge on any atom is 0.341 e. The summed E-state index contributed by atoms with van der Waals surface area (Å²) in [7, 11) is 0. The number of aryl methyl sites for hydroxylation is 2. The Kier molecular flexibility index (Phi) is 6.28. The molecule has 0 aromatic heterocycles. The van der Waals surface area contributed by atoms with Crippen molar-refractivity contribution < 1.29 is 19.4 Å². The number of carbonyl (C=O) groups is 2. The molecule has 0 fully saturated rings. The fraction of sp³-hybridized carbons (Fsp3) is 0.211. The highest BCUT2D eigenvalue weighted by Gasteiger charge is 2.05. The molecule has 130 valence electrons. The van der Waals surface area contributed by atoms with E-state index in [-0.39, 0.29) is 12.3 Å². The van der Waals surface area contributed by atoms with Crippen LogP contribution in [0.5, 0.6) is 5.75 Å². The Morgan fingerprint density at radius 2 is 2.00 bits per heavy atom. The maximum absolute atomic E-state index is 12.0. The number of aliphatic carboxylic acids is 1. The minimum Gasteiger partial charge on any atom is -0.482 e. The number of hydrogen-bond donors (Lipinski definition) is 2. The number of carbonyl (C=O) groups excluding carboxylic acids is 1. The number of nitrogens with one attached hydrogen (secondary N) is 1. The fourth-order valence-electron chi connectivity index (χ4n) is 2.27. The van der Waals surface area contributed by atoms with Crippen molar-refractivity contribution in [1.82, 2.24) is 5.43 Å². The summed E-state index contributed by atoms with van der Waals surface area (Å²) in [4.78, 5) is 22.5. The lowest BCUT2D eigenvalue weighted by atomic mass is 10.0. The molecule has 6 nitrogen and oxygen atoms in total. The van der Waals surface area contributed by atoms with E-state index in [0.29, 0.717) is 11.3 Å². The van der Waals surface area contributed by atoms with Crippen molar-refractivity contribution in [3.05, 3.63) is 64.7 Å². The van der Waals surface area contributed by atoms with Crippen molar-refractivity contribution in [3.63, 3.8) is 0 Å². The summed E-state index contributed by atoms with van der Waals surface area (Å²) in [5.41, 5.74) is 6.37. The van der Waals surface area contributed by atoms with Gasteiger partial charge in [0.05, 0.1) is 12.6 Å². The number of hydrogen-bond acceptors (Lipinski definition) is 4. The molecule has 25 heavy (non-hydrogen) atoms. The number of carboxylic acids is 1. The van der Waals surface area contributed by atoms with E-state index in [1.54, 1.807) is 24.3 Å². The molecule has 0 aliphatic carbocycles. The van der Waals surface area contributed by atoms with Gasteiger partial charge in [0.2, 0.25) is 5.91 Å². The van der Waals surface area contributed by atoms with Gasteiger partial charge in [0.25, 0.3) is 0 Å². The molecule has 0 aliphatic rings. The van der Waals surface area contributed by atoms with Gasteiger partial charge in [-0.2, -0.15) is 5.10 Å². The highest BCUT2D eigenvalue weighted by atomic mass is 16.5. The largest absolute Gasteiger partial charge is 0.482 e. The first-order valence-corrected chi connectivity index (χ1v) is 7.77. The molecular weight excluding hydrogens is 320 g/mol. The molecule has 2 rings (SSSR count). The highest BCUT2D eigenvalue weighted by Crippen LogP contribution is 2.12. The molecule has 0 radical (unpaired) electrons. The average molecular weight is 340 g/mol. The van der Waals surface area contributed by atoms with Gasteiger partial charge in [-0.3, -0.25) is 4.79 Å². The van der Waals surface area contributed by atoms with Crippen LogP contribution in [0.25, 0.3) is 0 Å². The maximum atomic E-state index is 12.0. The van der Waals surface area contributed by atoms with Crippen LogP contribution in [0.4, 0.5) is 0 Å². The molecule has 0 saturated carbocycles. The Hall–Kier alpha value is -3.15. The minimum atomic E-state index is -1.04. The lowest BCUT2D eigenvalue weighted by Crippen LogP contribution is -2.20. The first kappa shape index (κ1) is 18.2. The lowest BCUT2D eigenvalue weighted by Gasteiger charge is -2.06. The number of benzene rings is 2. The SMILES string of the molecule is Cc1ccc(CC(=O)N/N=C/c2cccc(OCC(=O)O)c2)c(C)c1. The van der Waals surface area contributed by atoms with Crippen molar-refractivity contribution in [2.45, 2.75) is 20.3 Å². The summed E-state index contributed by atoms with van der Waals surface area (Å²) < 4.78 is 5.09. The van der Waals surface area contributed by atoms with Crippen LogP contribution in [0.15, 0.2) is 47.6 Å². The second-order valence-electron chi connectivity index (χ2n) is 5.65. The lowest BCUT2D eigenvalue weighted by molar-refractivity contribution is -0.139. The van der Waals surface area contributed by atoms with Crippen LogP contribution < -0.4 is 10.2 Å². The van der Waals surface area contributed by atoms with E-state index in [2.05, 4.69) is 10.5 Å². The minimum absolute atomic E-state index is 0.207. The molecule has 6 heteroatoms. The van der Waals surface area contributed by atoms with Crippen molar-refractivity contribution in [2.75, 3.05) is 6.61 Å². The third-order valence-electron chi connectivity index (χ3n) is 3.47. The average Bonchev–Trinajstić information content (AvgIpc) is 2.56. The van der Waals surface area contributed by atoms with Crippen LogP contribution in [0.1, 0.15) is 22.3 Å². The second-order valence-corrected chi connectivity index (χ2v) is 5.65. The third-order valence-corrected chi connectivity index (χ3v) is 3.47. The summed E-state index contributed by atoms with van der Waals surface area (Å²) >= 11 is 0. The molecule has 2 aromatic rings. The quantitative estimate of drug-likeness (QED) is 0.599. The molecule has 0 aliphatic heterocycles. The standard InChI is InChI=1S/C19H20N2O4/c1-13-6-7-16(14(2)8-13)10-18(22)21-20-11-15-4-3-5-17(9-15)25-12-19(23)24/h3-9,11H,10,12H2,1-2H3,(H,21,22)(H,23,24)/b20-11+. The first-order valence-electron chi connectivity index (χ1n) is 7.77. The molecule has 0 saturated heterocycles. The number of amides is 1. The highest BCUT2D eigenvalue weighted by molar-refractivity contribution is 5.83. The smallest absolute Gasteiger partial charge is 0.341 e. The Labute approximate surface area is 146 Å². The van der Waals surface area contributed by atoms with Crippen LogP contribution in [-0.4, -0.2) is 29.8 Å². The number of rotatable bonds is 7. The second kappa shape index (κ2) is 8.63. The first-order chi connectivity index (χ1) is 11.9. The van der Waals surface area contributed by atoms with Gasteiger partial charge in [0, 0.05) is 0 Å². The molecule has 0 spiro atoms. The third kappa shape index (κ3) is 6.10. The van der Waals surface area contributed by atoms with E-state index in [1.165, 1.54) is 6.21 Å². The van der Waals surface area contributed by atoms with Crippen molar-refractivity contribution in [2.24, 2.45) is 5.10 Å². The van der Waals surface area contributed by atoms with Gasteiger partial charge in [-0.15, -0.1) is 0 Å². The Morgan fingerprint density at radius 1 is 1.20 bits per heavy atom. The van der Waals surface area contributed by atoms with Crippen LogP contribution >= 0.6 is 0 Å². The van der Waals surface area contributed by atoms with Gasteiger partial charge < -0.3 is 9.84 Å². The van der Waals surface area contributed by atoms with Gasteiger partial charge in [-0.05, 0) is 42.7 Å². The molecule has 2 aromatic carbocycles. The van der Waals surface area contributed by atoms with Gasteiger partial charge in [0.15, 0.2) is 6.61 Å². The normalized spacial score (nSPS) is 10.6. The predicted molar refractivity (Wildman–Crippen MR) is 94.9 cm³/mol. The van der Waals surface area contributed by atoms with Crippen LogP contribution in [0, 0.1) is 13.8 Å². The van der Waals surface area contributed by atoms with Crippen LogP contribution in [0.3, 0.4) is 0 Å². The molecule has 0 unspecified atom stereocenters. The summed E-state index contributed by atoms with van der Waals surface area (Å²) in [5.74, 6) is -0.827. The molecule has 0 bridgehead atoms. The number of hydrazone groups is 1. The number of ether oxygens (including phenoxy) is 1. The topological polar surface area (TPSA) is 88.0 Å². The van der Waals surface area contributed by atoms with Crippen LogP contribution in [0.2, 0.25) is 0 Å². The summed E-state index contributed by atoms with van der Waals surface area (Å²) in [6.07, 6.45) is 1.73. The Bertz CT molecular complexity index is 800. The predicted octanol–water partition coefficient (Wildman–Crippen LogP) is 2.46. The van der Waals surface area contributed by atoms with E-state index >= 15 is 0 Å². The van der Waals surface area contributed by atoms with Gasteiger partial charge in [-0.1, -0.05) is 35.9 Å². The Morgan fingerprint density at radius 3 is 2.72 bits per heavy atom. The van der Waals surface area contributed by atoms with E-state index < -0.39 is 12.6 Å². The monoisotopic (exact) mass is 340 g/mol. The molecule has 1 amide bonds. The summed E-state index contributed by atoms with van der Waals surface area (Å²) in [6, 6.07) is 12.7. The van der Waals surface area contributed by atoms with E-state index in [4.69, 9.17) is 9.84 Å². The van der Waals surface area contributed by atoms with Crippen LogP contribution in [-0.2, 0) is 16.0 Å². The van der Waals surface area contributed by atoms with Crippen molar-refractivity contribution >= 4 is 18.1 Å². The summed E-state index contributed by atoms with van der Waals surface area (Å²) in [5, 5.41) is 12.5. The van der Waals surface area contributed by atoms with E-state index in [1.807, 2.05) is 32.0 Å². The molecule has 0 atom stereocenters. The van der Waals surface area contributed by atoms with E-state index in [9.17, 15) is 9.59 Å². The molecular formula is C19H20N2O4. The molecule has 2 N–H and O–H groups in total. The zero-order valence-corrected chi connectivity index (χ0v) is 14.2. The zero-order chi connectivity index (χ0) is 18.2. The Balaban J connectivity index is 1.90. The fourth-order valence-corrected chi connectivity index (χ4v) is 2.27. The van der Waals surface area contributed by atoms with Gasteiger partial charge >= 0.3 is 5.97 Å². The molecule has 0 heterocycles. The van der Waals surface area contributed by atoms with Crippen molar-refractivity contribution in [1.29, 1.82) is 0 Å². The van der Waals surface area contributed by atoms with Gasteiger partial charge in [-0.25, -0.2) is 10.2 Å².